The van der Waals surface area contributed by atoms with E-state index >= 15 is 0 Å². The van der Waals surface area contributed by atoms with Crippen molar-refractivity contribution in [1.29, 1.82) is 0 Å². The van der Waals surface area contributed by atoms with Crippen molar-refractivity contribution in [1.82, 2.24) is 9.78 Å². The van der Waals surface area contributed by atoms with E-state index in [1.54, 1.807) is 0 Å². The summed E-state index contributed by atoms with van der Waals surface area (Å²) in [5.41, 5.74) is 4.11. The molecule has 0 unspecified atom stereocenters. The van der Waals surface area contributed by atoms with Crippen molar-refractivity contribution in [2.24, 2.45) is 5.73 Å². The summed E-state index contributed by atoms with van der Waals surface area (Å²) in [6.07, 6.45) is 0.940. The van der Waals surface area contributed by atoms with Gasteiger partial charge in [0.2, 0.25) is 11.6 Å². The molecule has 3 N–H and O–H groups in total. The Morgan fingerprint density at radius 1 is 1.48 bits per heavy atom. The zero-order chi connectivity index (χ0) is 17.1. The molecule has 120 valence electrons. The van der Waals surface area contributed by atoms with Crippen molar-refractivity contribution in [2.45, 2.75) is 13.0 Å². The fourth-order valence-corrected chi connectivity index (χ4v) is 1.82. The lowest BCUT2D eigenvalue weighted by molar-refractivity contribution is -0.385. The van der Waals surface area contributed by atoms with Crippen LogP contribution in [0.25, 0.3) is 0 Å². The molecule has 0 radical (unpaired) electrons. The first kappa shape index (κ1) is 16.1. The quantitative estimate of drug-likeness (QED) is 0.631. The summed E-state index contributed by atoms with van der Waals surface area (Å²) in [6.45, 7) is 1.41. The summed E-state index contributed by atoms with van der Waals surface area (Å²) in [4.78, 5) is 33.3. The molecule has 2 amide bonds. The van der Waals surface area contributed by atoms with Gasteiger partial charge in [-0.2, -0.15) is 5.10 Å². The van der Waals surface area contributed by atoms with Gasteiger partial charge in [-0.1, -0.05) is 6.07 Å². The minimum Gasteiger partial charge on any atom is -0.364 e. The van der Waals surface area contributed by atoms with Crippen molar-refractivity contribution in [3.05, 3.63) is 52.1 Å². The normalized spacial score (nSPS) is 11.7. The molecule has 0 aliphatic heterocycles. The number of nitrogens with one attached hydrogen (secondary N) is 1. The highest BCUT2D eigenvalue weighted by Gasteiger charge is 2.27. The van der Waals surface area contributed by atoms with E-state index in [0.717, 1.165) is 16.9 Å². The van der Waals surface area contributed by atoms with Gasteiger partial charge >= 0.3 is 5.69 Å². The van der Waals surface area contributed by atoms with Crippen molar-refractivity contribution in [3.8, 4) is 0 Å². The number of hydrogen-bond acceptors (Lipinski definition) is 5. The van der Waals surface area contributed by atoms with Crippen LogP contribution in [0.5, 0.6) is 0 Å². The molecule has 2 rings (SSSR count). The van der Waals surface area contributed by atoms with Gasteiger partial charge in [0.15, 0.2) is 0 Å². The minimum absolute atomic E-state index is 0.221. The van der Waals surface area contributed by atoms with Crippen LogP contribution in [0.3, 0.4) is 0 Å². The number of nitro groups is 1. The largest absolute Gasteiger partial charge is 0.364 e. The van der Waals surface area contributed by atoms with Gasteiger partial charge in [-0.15, -0.1) is 0 Å². The molecule has 1 atom stereocenters. The minimum atomic E-state index is -1.08. The number of hydrogen-bond donors (Lipinski definition) is 2. The first-order valence-corrected chi connectivity index (χ1v) is 6.39. The number of carbonyl (C=O) groups excluding carboxylic acids is 2. The SMILES string of the molecule is C[C@@H](C(=O)Nc1cccc(F)c1)n1cc([N+](=O)[O-])c(C(N)=O)n1. The number of nitrogens with zero attached hydrogens (tertiary/aromatic N) is 3. The first-order chi connectivity index (χ1) is 10.8. The number of aromatic nitrogens is 2. The Morgan fingerprint density at radius 2 is 2.17 bits per heavy atom. The first-order valence-electron chi connectivity index (χ1n) is 6.39. The summed E-state index contributed by atoms with van der Waals surface area (Å²) >= 11 is 0. The number of anilines is 1. The van der Waals surface area contributed by atoms with Crippen molar-refractivity contribution in [2.75, 3.05) is 5.32 Å². The molecule has 0 fully saturated rings. The van der Waals surface area contributed by atoms with Crippen LogP contribution in [-0.2, 0) is 4.79 Å². The van der Waals surface area contributed by atoms with Crippen LogP contribution in [0.4, 0.5) is 15.8 Å². The standard InChI is InChI=1S/C13H12FN5O4/c1-7(13(21)16-9-4-2-3-8(14)5-9)18-6-10(19(22)23)11(17-18)12(15)20/h2-7H,1H3,(H2,15,20)(H,16,21)/t7-/m0/s1. The lowest BCUT2D eigenvalue weighted by Crippen LogP contribution is -2.24. The van der Waals surface area contributed by atoms with E-state index in [0.29, 0.717) is 0 Å². The average Bonchev–Trinajstić information content (AvgIpc) is 2.92. The van der Waals surface area contributed by atoms with E-state index in [1.807, 2.05) is 0 Å². The zero-order valence-electron chi connectivity index (χ0n) is 11.9. The van der Waals surface area contributed by atoms with Crippen LogP contribution >= 0.6 is 0 Å². The van der Waals surface area contributed by atoms with Crippen LogP contribution in [0.1, 0.15) is 23.5 Å². The van der Waals surface area contributed by atoms with Crippen LogP contribution in [0.2, 0.25) is 0 Å². The summed E-state index contributed by atoms with van der Waals surface area (Å²) in [5, 5.41) is 17.0. The second-order valence-electron chi connectivity index (χ2n) is 4.64. The van der Waals surface area contributed by atoms with E-state index in [4.69, 9.17) is 5.73 Å². The van der Waals surface area contributed by atoms with Gasteiger partial charge in [0, 0.05) is 5.69 Å². The van der Waals surface area contributed by atoms with Crippen LogP contribution in [-0.4, -0.2) is 26.5 Å². The van der Waals surface area contributed by atoms with Gasteiger partial charge in [0.25, 0.3) is 5.91 Å². The lowest BCUT2D eigenvalue weighted by Gasteiger charge is -2.12. The predicted octanol–water partition coefficient (Wildman–Crippen LogP) is 1.23. The van der Waals surface area contributed by atoms with Crippen molar-refractivity contribution in [3.63, 3.8) is 0 Å². The van der Waals surface area contributed by atoms with Gasteiger partial charge in [0.1, 0.15) is 18.1 Å². The Balaban J connectivity index is 2.24. The zero-order valence-corrected chi connectivity index (χ0v) is 11.9. The Kier molecular flexibility index (Phi) is 4.35. The molecule has 0 aliphatic rings. The smallest absolute Gasteiger partial charge is 0.320 e. The summed E-state index contributed by atoms with van der Waals surface area (Å²) in [5.74, 6) is -2.20. The number of benzene rings is 1. The van der Waals surface area contributed by atoms with Gasteiger partial charge in [-0.3, -0.25) is 24.4 Å². The molecule has 1 aromatic carbocycles. The van der Waals surface area contributed by atoms with Gasteiger partial charge in [-0.05, 0) is 25.1 Å². The number of halogens is 1. The monoisotopic (exact) mass is 321 g/mol. The van der Waals surface area contributed by atoms with Crippen molar-refractivity contribution < 1.29 is 18.9 Å². The van der Waals surface area contributed by atoms with E-state index in [9.17, 15) is 24.1 Å². The molecule has 0 saturated carbocycles. The maximum absolute atomic E-state index is 13.1. The summed E-state index contributed by atoms with van der Waals surface area (Å²) in [7, 11) is 0. The molecule has 2 aromatic rings. The predicted molar refractivity (Wildman–Crippen MR) is 77.1 cm³/mol. The molecule has 23 heavy (non-hydrogen) atoms. The molecule has 0 bridgehead atoms. The number of primary amides is 1. The molecule has 0 aliphatic carbocycles. The molecule has 1 heterocycles. The Hall–Kier alpha value is -3.30. The van der Waals surface area contributed by atoms with E-state index in [1.165, 1.54) is 25.1 Å². The van der Waals surface area contributed by atoms with E-state index in [2.05, 4.69) is 10.4 Å². The van der Waals surface area contributed by atoms with E-state index < -0.39 is 40.0 Å². The highest BCUT2D eigenvalue weighted by molar-refractivity contribution is 5.95. The highest BCUT2D eigenvalue weighted by atomic mass is 19.1. The van der Waals surface area contributed by atoms with E-state index in [-0.39, 0.29) is 5.69 Å². The molecule has 10 heteroatoms. The summed E-state index contributed by atoms with van der Waals surface area (Å²) < 4.78 is 14.0. The molecule has 9 nitrogen and oxygen atoms in total. The average molecular weight is 321 g/mol. The number of rotatable bonds is 5. The molecular weight excluding hydrogens is 309 g/mol. The summed E-state index contributed by atoms with van der Waals surface area (Å²) in [6, 6.07) is 4.25. The third kappa shape index (κ3) is 3.48. The number of carbonyl (C=O) groups is 2. The Bertz CT molecular complexity index is 757. The fourth-order valence-electron chi connectivity index (χ4n) is 1.82. The molecule has 1 aromatic heterocycles. The Morgan fingerprint density at radius 3 is 2.70 bits per heavy atom. The van der Waals surface area contributed by atoms with Gasteiger partial charge < -0.3 is 11.1 Å². The third-order valence-electron chi connectivity index (χ3n) is 3.01. The maximum atomic E-state index is 13.1. The van der Waals surface area contributed by atoms with Gasteiger partial charge in [-0.25, -0.2) is 4.39 Å². The molecule has 0 saturated heterocycles. The number of amides is 2. The second-order valence-corrected chi connectivity index (χ2v) is 4.64. The van der Waals surface area contributed by atoms with Crippen LogP contribution < -0.4 is 11.1 Å². The second kappa shape index (κ2) is 6.22. The third-order valence-corrected chi connectivity index (χ3v) is 3.01. The fraction of sp³-hybridized carbons (Fsp3) is 0.154. The van der Waals surface area contributed by atoms with Gasteiger partial charge in [0.05, 0.1) is 4.92 Å². The number of nitrogens with two attached hydrogens (primary N) is 1. The van der Waals surface area contributed by atoms with Crippen LogP contribution in [0, 0.1) is 15.9 Å². The molecule has 0 spiro atoms. The Labute approximate surface area is 129 Å². The topological polar surface area (TPSA) is 133 Å². The lowest BCUT2D eigenvalue weighted by atomic mass is 10.2. The molecular formula is C13H12FN5O4. The van der Waals surface area contributed by atoms with Crippen LogP contribution in [0.15, 0.2) is 30.5 Å². The van der Waals surface area contributed by atoms with Crippen molar-refractivity contribution >= 4 is 23.2 Å². The highest BCUT2D eigenvalue weighted by Crippen LogP contribution is 2.20. The maximum Gasteiger partial charge on any atom is 0.320 e.